The summed E-state index contributed by atoms with van der Waals surface area (Å²) in [5.74, 6) is 0.121. The van der Waals surface area contributed by atoms with Gasteiger partial charge in [0.15, 0.2) is 0 Å². The second-order valence-electron chi connectivity index (χ2n) is 2.78. The van der Waals surface area contributed by atoms with Crippen LogP contribution in [0.5, 0.6) is 0 Å². The first-order chi connectivity index (χ1) is 5.22. The molecule has 0 radical (unpaired) electrons. The zero-order chi connectivity index (χ0) is 8.27. The third-order valence-corrected chi connectivity index (χ3v) is 1.88. The van der Waals surface area contributed by atoms with Crippen LogP contribution in [0.2, 0.25) is 0 Å². The van der Waals surface area contributed by atoms with Crippen LogP contribution in [0.1, 0.15) is 25.5 Å². The Kier molecular flexibility index (Phi) is 2.60. The Balaban J connectivity index is 2.77. The van der Waals surface area contributed by atoms with Crippen molar-refractivity contribution in [1.29, 1.82) is 0 Å². The van der Waals surface area contributed by atoms with Gasteiger partial charge in [-0.1, -0.05) is 13.0 Å². The molecule has 0 fully saturated rings. The molecular weight excluding hydrogens is 138 g/mol. The Morgan fingerprint density at radius 1 is 1.36 bits per heavy atom. The molecule has 60 valence electrons. The monoisotopic (exact) mass is 151 g/mol. The lowest BCUT2D eigenvalue weighted by Gasteiger charge is -2.12. The van der Waals surface area contributed by atoms with Gasteiger partial charge in [-0.2, -0.15) is 0 Å². The van der Waals surface area contributed by atoms with Crippen LogP contribution < -0.4 is 0 Å². The SMILES string of the molecule is C[C@H](O)[C@@H](C)c1ccccn1. The molecule has 0 saturated heterocycles. The van der Waals surface area contributed by atoms with Gasteiger partial charge in [-0.25, -0.2) is 0 Å². The second-order valence-corrected chi connectivity index (χ2v) is 2.78. The first kappa shape index (κ1) is 8.21. The van der Waals surface area contributed by atoms with E-state index >= 15 is 0 Å². The maximum absolute atomic E-state index is 9.23. The van der Waals surface area contributed by atoms with Crippen LogP contribution in [-0.4, -0.2) is 16.2 Å². The summed E-state index contributed by atoms with van der Waals surface area (Å²) < 4.78 is 0. The minimum Gasteiger partial charge on any atom is -0.393 e. The molecule has 2 atom stereocenters. The number of rotatable bonds is 2. The molecule has 11 heavy (non-hydrogen) atoms. The number of aromatic nitrogens is 1. The van der Waals surface area contributed by atoms with E-state index in [1.165, 1.54) is 0 Å². The molecule has 0 aliphatic carbocycles. The molecule has 0 unspecified atom stereocenters. The molecule has 1 N–H and O–H groups in total. The van der Waals surface area contributed by atoms with E-state index in [9.17, 15) is 5.11 Å². The highest BCUT2D eigenvalue weighted by molar-refractivity contribution is 5.09. The van der Waals surface area contributed by atoms with E-state index in [-0.39, 0.29) is 12.0 Å². The Morgan fingerprint density at radius 3 is 2.55 bits per heavy atom. The quantitative estimate of drug-likeness (QED) is 0.696. The van der Waals surface area contributed by atoms with Gasteiger partial charge in [0.05, 0.1) is 6.10 Å². The molecule has 0 aliphatic heterocycles. The van der Waals surface area contributed by atoms with Gasteiger partial charge in [-0.15, -0.1) is 0 Å². The van der Waals surface area contributed by atoms with Gasteiger partial charge in [0.25, 0.3) is 0 Å². The van der Waals surface area contributed by atoms with E-state index in [0.29, 0.717) is 0 Å². The summed E-state index contributed by atoms with van der Waals surface area (Å²) in [5, 5.41) is 9.23. The van der Waals surface area contributed by atoms with Crippen LogP contribution in [0.15, 0.2) is 24.4 Å². The van der Waals surface area contributed by atoms with Crippen LogP contribution >= 0.6 is 0 Å². The van der Waals surface area contributed by atoms with Crippen molar-refractivity contribution in [2.75, 3.05) is 0 Å². The first-order valence-corrected chi connectivity index (χ1v) is 3.81. The van der Waals surface area contributed by atoms with Crippen molar-refractivity contribution in [3.63, 3.8) is 0 Å². The van der Waals surface area contributed by atoms with Gasteiger partial charge in [0.1, 0.15) is 0 Å². The average molecular weight is 151 g/mol. The van der Waals surface area contributed by atoms with Crippen molar-refractivity contribution >= 4 is 0 Å². The number of pyridine rings is 1. The third-order valence-electron chi connectivity index (χ3n) is 1.88. The Hall–Kier alpha value is -0.890. The summed E-state index contributed by atoms with van der Waals surface area (Å²) in [7, 11) is 0. The summed E-state index contributed by atoms with van der Waals surface area (Å²) in [6, 6.07) is 5.73. The van der Waals surface area contributed by atoms with Crippen LogP contribution in [0, 0.1) is 0 Å². The Morgan fingerprint density at radius 2 is 2.09 bits per heavy atom. The number of aliphatic hydroxyl groups excluding tert-OH is 1. The second kappa shape index (κ2) is 3.49. The molecule has 2 heteroatoms. The summed E-state index contributed by atoms with van der Waals surface area (Å²) in [5.41, 5.74) is 0.947. The van der Waals surface area contributed by atoms with Crippen molar-refractivity contribution in [2.24, 2.45) is 0 Å². The van der Waals surface area contributed by atoms with Crippen molar-refractivity contribution in [2.45, 2.75) is 25.9 Å². The van der Waals surface area contributed by atoms with E-state index in [2.05, 4.69) is 4.98 Å². The molecule has 1 rings (SSSR count). The fraction of sp³-hybridized carbons (Fsp3) is 0.444. The molecule has 0 saturated carbocycles. The van der Waals surface area contributed by atoms with E-state index in [1.807, 2.05) is 25.1 Å². The largest absolute Gasteiger partial charge is 0.393 e. The molecule has 0 aliphatic rings. The standard InChI is InChI=1S/C9H13NO/c1-7(8(2)11)9-5-3-4-6-10-9/h3-8,11H,1-2H3/t7-,8+/m1/s1. The average Bonchev–Trinajstić information content (AvgIpc) is 2.05. The van der Waals surface area contributed by atoms with Crippen molar-refractivity contribution in [1.82, 2.24) is 4.98 Å². The number of nitrogens with zero attached hydrogens (tertiary/aromatic N) is 1. The van der Waals surface area contributed by atoms with Gasteiger partial charge >= 0.3 is 0 Å². The predicted molar refractivity (Wildman–Crippen MR) is 44.3 cm³/mol. The smallest absolute Gasteiger partial charge is 0.0593 e. The minimum absolute atomic E-state index is 0.121. The maximum Gasteiger partial charge on any atom is 0.0593 e. The van der Waals surface area contributed by atoms with Crippen LogP contribution in [0.3, 0.4) is 0 Å². The zero-order valence-corrected chi connectivity index (χ0v) is 6.86. The normalized spacial score (nSPS) is 15.9. The number of aliphatic hydroxyl groups is 1. The number of hydrogen-bond donors (Lipinski definition) is 1. The maximum atomic E-state index is 9.23. The highest BCUT2D eigenvalue weighted by Gasteiger charge is 2.11. The summed E-state index contributed by atoms with van der Waals surface area (Å²) in [4.78, 5) is 4.14. The lowest BCUT2D eigenvalue weighted by Crippen LogP contribution is -2.11. The Bertz CT molecular complexity index is 208. The van der Waals surface area contributed by atoms with E-state index in [1.54, 1.807) is 13.1 Å². The molecule has 1 heterocycles. The summed E-state index contributed by atoms with van der Waals surface area (Å²) in [6.07, 6.45) is 1.42. The van der Waals surface area contributed by atoms with Crippen molar-refractivity contribution < 1.29 is 5.11 Å². The molecule has 2 nitrogen and oxygen atoms in total. The highest BCUT2D eigenvalue weighted by Crippen LogP contribution is 2.15. The molecule has 0 spiro atoms. The Labute approximate surface area is 66.9 Å². The molecule has 0 bridgehead atoms. The van der Waals surface area contributed by atoms with Crippen molar-refractivity contribution in [3.8, 4) is 0 Å². The van der Waals surface area contributed by atoms with Gasteiger partial charge in [0.2, 0.25) is 0 Å². The minimum atomic E-state index is -0.329. The fourth-order valence-corrected chi connectivity index (χ4v) is 0.892. The molecule has 0 amide bonds. The van der Waals surface area contributed by atoms with Crippen LogP contribution in [-0.2, 0) is 0 Å². The van der Waals surface area contributed by atoms with Crippen molar-refractivity contribution in [3.05, 3.63) is 30.1 Å². The lowest BCUT2D eigenvalue weighted by atomic mass is 10.0. The zero-order valence-electron chi connectivity index (χ0n) is 6.86. The summed E-state index contributed by atoms with van der Waals surface area (Å²) >= 11 is 0. The predicted octanol–water partition coefficient (Wildman–Crippen LogP) is 1.57. The van der Waals surface area contributed by atoms with Crippen LogP contribution in [0.25, 0.3) is 0 Å². The molecule has 1 aromatic rings. The van der Waals surface area contributed by atoms with E-state index < -0.39 is 0 Å². The van der Waals surface area contributed by atoms with E-state index in [0.717, 1.165) is 5.69 Å². The lowest BCUT2D eigenvalue weighted by molar-refractivity contribution is 0.167. The number of hydrogen-bond acceptors (Lipinski definition) is 2. The first-order valence-electron chi connectivity index (χ1n) is 3.81. The third kappa shape index (κ3) is 2.02. The van der Waals surface area contributed by atoms with Crippen LogP contribution in [0.4, 0.5) is 0 Å². The summed E-state index contributed by atoms with van der Waals surface area (Å²) in [6.45, 7) is 3.74. The highest BCUT2D eigenvalue weighted by atomic mass is 16.3. The van der Waals surface area contributed by atoms with Gasteiger partial charge in [-0.05, 0) is 19.1 Å². The van der Waals surface area contributed by atoms with Gasteiger partial charge in [0, 0.05) is 17.8 Å². The van der Waals surface area contributed by atoms with Gasteiger partial charge < -0.3 is 5.11 Å². The van der Waals surface area contributed by atoms with E-state index in [4.69, 9.17) is 0 Å². The fourth-order valence-electron chi connectivity index (χ4n) is 0.892. The molecule has 1 aromatic heterocycles. The molecule has 0 aromatic carbocycles. The topological polar surface area (TPSA) is 33.1 Å². The van der Waals surface area contributed by atoms with Gasteiger partial charge in [-0.3, -0.25) is 4.98 Å². The molecular formula is C9H13NO.